The number of nitrogen functional groups attached to an aromatic ring is 1. The Hall–Kier alpha value is -1.73. The van der Waals surface area contributed by atoms with Crippen LogP contribution in [-0.2, 0) is 0 Å². The van der Waals surface area contributed by atoms with Gasteiger partial charge in [0.25, 0.3) is 5.89 Å². The third kappa shape index (κ3) is 2.46. The Morgan fingerprint density at radius 3 is 2.70 bits per heavy atom. The molecule has 0 amide bonds. The number of aromatic nitrogens is 3. The Bertz CT molecular complexity index is 773. The maximum absolute atomic E-state index is 5.75. The number of halogens is 2. The van der Waals surface area contributed by atoms with Crippen LogP contribution < -0.4 is 5.73 Å². The van der Waals surface area contributed by atoms with E-state index in [0.29, 0.717) is 23.1 Å². The Balaban J connectivity index is 2.02. The lowest BCUT2D eigenvalue weighted by atomic mass is 10.2. The molecule has 3 rings (SSSR count). The molecule has 0 radical (unpaired) electrons. The van der Waals surface area contributed by atoms with Gasteiger partial charge in [-0.3, -0.25) is 4.98 Å². The standard InChI is InChI=1S/C13H8Br2N4O/c14-8-2-1-5-17-11(8)12-18-13(20-19-12)7-3-4-10(16)9(15)6-7/h1-6H,16H2. The molecule has 0 bridgehead atoms. The zero-order valence-electron chi connectivity index (χ0n) is 10.0. The second-order valence-corrected chi connectivity index (χ2v) is 5.70. The van der Waals surface area contributed by atoms with Crippen molar-refractivity contribution in [2.24, 2.45) is 0 Å². The van der Waals surface area contributed by atoms with Crippen molar-refractivity contribution in [3.63, 3.8) is 0 Å². The minimum Gasteiger partial charge on any atom is -0.398 e. The van der Waals surface area contributed by atoms with Crippen LogP contribution in [0, 0.1) is 0 Å². The average molecular weight is 396 g/mol. The first-order valence-corrected chi connectivity index (χ1v) is 7.24. The van der Waals surface area contributed by atoms with Crippen molar-refractivity contribution in [2.45, 2.75) is 0 Å². The van der Waals surface area contributed by atoms with Gasteiger partial charge in [-0.05, 0) is 62.2 Å². The smallest absolute Gasteiger partial charge is 0.258 e. The quantitative estimate of drug-likeness (QED) is 0.665. The van der Waals surface area contributed by atoms with Crippen LogP contribution in [0.1, 0.15) is 0 Å². The lowest BCUT2D eigenvalue weighted by molar-refractivity contribution is 0.432. The summed E-state index contributed by atoms with van der Waals surface area (Å²) in [5, 5.41) is 3.95. The number of hydrogen-bond donors (Lipinski definition) is 1. The van der Waals surface area contributed by atoms with Gasteiger partial charge in [0.1, 0.15) is 5.69 Å². The zero-order valence-corrected chi connectivity index (χ0v) is 13.2. The predicted octanol–water partition coefficient (Wildman–Crippen LogP) is 3.91. The largest absolute Gasteiger partial charge is 0.398 e. The van der Waals surface area contributed by atoms with Crippen molar-refractivity contribution < 1.29 is 4.52 Å². The summed E-state index contributed by atoms with van der Waals surface area (Å²) in [7, 11) is 0. The first-order chi connectivity index (χ1) is 9.65. The van der Waals surface area contributed by atoms with E-state index < -0.39 is 0 Å². The van der Waals surface area contributed by atoms with Gasteiger partial charge in [-0.15, -0.1) is 0 Å². The van der Waals surface area contributed by atoms with E-state index in [0.717, 1.165) is 14.5 Å². The van der Waals surface area contributed by atoms with Crippen molar-refractivity contribution in [1.29, 1.82) is 0 Å². The van der Waals surface area contributed by atoms with Gasteiger partial charge in [-0.2, -0.15) is 4.98 Å². The number of benzene rings is 1. The fourth-order valence-electron chi connectivity index (χ4n) is 1.65. The van der Waals surface area contributed by atoms with E-state index in [1.807, 2.05) is 24.3 Å². The van der Waals surface area contributed by atoms with Crippen molar-refractivity contribution >= 4 is 37.5 Å². The molecule has 2 heterocycles. The molecule has 0 atom stereocenters. The first kappa shape index (κ1) is 13.3. The number of anilines is 1. The average Bonchev–Trinajstić information content (AvgIpc) is 2.92. The zero-order chi connectivity index (χ0) is 14.1. The molecule has 0 unspecified atom stereocenters. The molecule has 0 saturated heterocycles. The van der Waals surface area contributed by atoms with Crippen LogP contribution in [-0.4, -0.2) is 15.1 Å². The maximum Gasteiger partial charge on any atom is 0.258 e. The molecule has 0 fully saturated rings. The molecule has 100 valence electrons. The molecule has 0 aliphatic carbocycles. The van der Waals surface area contributed by atoms with Crippen LogP contribution in [0.15, 0.2) is 50.0 Å². The lowest BCUT2D eigenvalue weighted by Crippen LogP contribution is -1.88. The Morgan fingerprint density at radius 2 is 1.95 bits per heavy atom. The van der Waals surface area contributed by atoms with E-state index in [4.69, 9.17) is 10.3 Å². The lowest BCUT2D eigenvalue weighted by Gasteiger charge is -1.99. The first-order valence-electron chi connectivity index (χ1n) is 5.65. The highest BCUT2D eigenvalue weighted by molar-refractivity contribution is 9.11. The number of nitrogens with zero attached hydrogens (tertiary/aromatic N) is 3. The monoisotopic (exact) mass is 394 g/mol. The van der Waals surface area contributed by atoms with Crippen LogP contribution >= 0.6 is 31.9 Å². The van der Waals surface area contributed by atoms with Gasteiger partial charge in [0.05, 0.1) is 0 Å². The highest BCUT2D eigenvalue weighted by Gasteiger charge is 2.14. The van der Waals surface area contributed by atoms with Gasteiger partial charge in [-0.1, -0.05) is 5.16 Å². The molecule has 0 aliphatic heterocycles. The fourth-order valence-corrected chi connectivity index (χ4v) is 2.46. The van der Waals surface area contributed by atoms with Crippen molar-refractivity contribution in [2.75, 3.05) is 5.73 Å². The van der Waals surface area contributed by atoms with Crippen molar-refractivity contribution in [3.8, 4) is 23.0 Å². The highest BCUT2D eigenvalue weighted by atomic mass is 79.9. The van der Waals surface area contributed by atoms with E-state index in [1.165, 1.54) is 0 Å². The highest BCUT2D eigenvalue weighted by Crippen LogP contribution is 2.29. The SMILES string of the molecule is Nc1ccc(-c2nc(-c3ncccc3Br)no2)cc1Br. The molecule has 5 nitrogen and oxygen atoms in total. The van der Waals surface area contributed by atoms with Crippen LogP contribution in [0.3, 0.4) is 0 Å². The van der Waals surface area contributed by atoms with Gasteiger partial charge >= 0.3 is 0 Å². The molecule has 20 heavy (non-hydrogen) atoms. The topological polar surface area (TPSA) is 77.8 Å². The summed E-state index contributed by atoms with van der Waals surface area (Å²) in [5.41, 5.74) is 7.83. The van der Waals surface area contributed by atoms with Crippen LogP contribution in [0.2, 0.25) is 0 Å². The predicted molar refractivity (Wildman–Crippen MR) is 82.8 cm³/mol. The molecule has 0 aliphatic rings. The van der Waals surface area contributed by atoms with E-state index in [-0.39, 0.29) is 0 Å². The van der Waals surface area contributed by atoms with E-state index in [9.17, 15) is 0 Å². The van der Waals surface area contributed by atoms with Crippen molar-refractivity contribution in [1.82, 2.24) is 15.1 Å². The Kier molecular flexibility index (Phi) is 3.54. The fraction of sp³-hybridized carbons (Fsp3) is 0. The summed E-state index contributed by atoms with van der Waals surface area (Å²) < 4.78 is 6.87. The summed E-state index contributed by atoms with van der Waals surface area (Å²) in [6.07, 6.45) is 1.68. The summed E-state index contributed by atoms with van der Waals surface area (Å²) in [6.45, 7) is 0. The maximum atomic E-state index is 5.75. The summed E-state index contributed by atoms with van der Waals surface area (Å²) in [4.78, 5) is 8.58. The summed E-state index contributed by atoms with van der Waals surface area (Å²) in [5.74, 6) is 0.846. The molecule has 2 aromatic heterocycles. The third-order valence-corrected chi connectivity index (χ3v) is 3.97. The van der Waals surface area contributed by atoms with E-state index >= 15 is 0 Å². The molecule has 2 N–H and O–H groups in total. The normalized spacial score (nSPS) is 10.7. The number of pyridine rings is 1. The molecule has 0 saturated carbocycles. The number of rotatable bonds is 2. The van der Waals surface area contributed by atoms with Gasteiger partial charge in [0.2, 0.25) is 5.82 Å². The molecule has 0 spiro atoms. The van der Waals surface area contributed by atoms with Crippen molar-refractivity contribution in [3.05, 3.63) is 45.5 Å². The molecular formula is C13H8Br2N4O. The Labute approximate surface area is 131 Å². The van der Waals surface area contributed by atoms with E-state index in [1.54, 1.807) is 12.3 Å². The molecule has 3 aromatic rings. The van der Waals surface area contributed by atoms with Crippen LogP contribution in [0.25, 0.3) is 23.0 Å². The second kappa shape index (κ2) is 5.34. The minimum atomic E-state index is 0.415. The van der Waals surface area contributed by atoms with Gasteiger partial charge < -0.3 is 10.3 Å². The third-order valence-electron chi connectivity index (χ3n) is 2.64. The molecule has 7 heteroatoms. The summed E-state index contributed by atoms with van der Waals surface area (Å²) in [6, 6.07) is 9.13. The van der Waals surface area contributed by atoms with Gasteiger partial charge in [0.15, 0.2) is 0 Å². The van der Waals surface area contributed by atoms with E-state index in [2.05, 4.69) is 47.0 Å². The number of hydrogen-bond acceptors (Lipinski definition) is 5. The van der Waals surface area contributed by atoms with Crippen LogP contribution in [0.4, 0.5) is 5.69 Å². The van der Waals surface area contributed by atoms with Gasteiger partial charge in [-0.25, -0.2) is 0 Å². The summed E-state index contributed by atoms with van der Waals surface area (Å²) >= 11 is 6.78. The van der Waals surface area contributed by atoms with Gasteiger partial charge in [0, 0.05) is 26.4 Å². The Morgan fingerprint density at radius 1 is 1.10 bits per heavy atom. The molecular weight excluding hydrogens is 388 g/mol. The minimum absolute atomic E-state index is 0.415. The molecule has 1 aromatic carbocycles. The second-order valence-electron chi connectivity index (χ2n) is 3.99. The van der Waals surface area contributed by atoms with Crippen LogP contribution in [0.5, 0.6) is 0 Å². The number of nitrogens with two attached hydrogens (primary N) is 1.